The number of hydrogen-bond donors (Lipinski definition) is 0. The van der Waals surface area contributed by atoms with Crippen LogP contribution in [-0.2, 0) is 4.79 Å². The maximum Gasteiger partial charge on any atom is 0.123 e. The molecule has 0 aliphatic heterocycles. The quantitative estimate of drug-likeness (QED) is 0.717. The summed E-state index contributed by atoms with van der Waals surface area (Å²) in [4.78, 5) is 10.7. The normalized spacial score (nSPS) is 19.8. The van der Waals surface area contributed by atoms with Gasteiger partial charge in [-0.3, -0.25) is 0 Å². The Bertz CT molecular complexity index is 431. The van der Waals surface area contributed by atoms with Crippen molar-refractivity contribution in [2.75, 3.05) is 0 Å². The van der Waals surface area contributed by atoms with Gasteiger partial charge in [0, 0.05) is 6.42 Å². The molecule has 0 bridgehead atoms. The highest BCUT2D eigenvalue weighted by Gasteiger charge is 2.25. The van der Waals surface area contributed by atoms with Crippen LogP contribution in [0.2, 0.25) is 0 Å². The van der Waals surface area contributed by atoms with E-state index < -0.39 is 0 Å². The largest absolute Gasteiger partial charge is 0.303 e. The van der Waals surface area contributed by atoms with Gasteiger partial charge in [0.1, 0.15) is 12.1 Å². The predicted molar refractivity (Wildman–Crippen MR) is 67.0 cm³/mol. The number of hydrogen-bond acceptors (Lipinski definition) is 1. The van der Waals surface area contributed by atoms with Crippen molar-refractivity contribution in [1.29, 1.82) is 0 Å². The fraction of sp³-hybridized carbons (Fsp3) is 0.400. The van der Waals surface area contributed by atoms with Gasteiger partial charge in [-0.05, 0) is 48.4 Å². The van der Waals surface area contributed by atoms with Crippen LogP contribution < -0.4 is 0 Å². The Kier molecular flexibility index (Phi) is 3.72. The van der Waals surface area contributed by atoms with Crippen LogP contribution in [0.4, 0.5) is 4.39 Å². The van der Waals surface area contributed by atoms with Crippen LogP contribution in [0.25, 0.3) is 5.57 Å². The maximum atomic E-state index is 12.9. The van der Waals surface area contributed by atoms with Gasteiger partial charge in [-0.15, -0.1) is 0 Å². The van der Waals surface area contributed by atoms with Gasteiger partial charge in [0.25, 0.3) is 0 Å². The van der Waals surface area contributed by atoms with Crippen molar-refractivity contribution in [2.45, 2.75) is 32.6 Å². The van der Waals surface area contributed by atoms with E-state index in [1.165, 1.54) is 23.3 Å². The molecule has 1 nitrogen and oxygen atoms in total. The highest BCUT2D eigenvalue weighted by atomic mass is 19.1. The summed E-state index contributed by atoms with van der Waals surface area (Å²) in [5.74, 6) is 0.116. The van der Waals surface area contributed by atoms with Gasteiger partial charge in [0.2, 0.25) is 0 Å². The van der Waals surface area contributed by atoms with Gasteiger partial charge in [-0.25, -0.2) is 4.39 Å². The van der Waals surface area contributed by atoms with E-state index in [0.717, 1.165) is 31.1 Å². The number of aldehydes is 1. The molecular formula is C15H17FO. The van der Waals surface area contributed by atoms with Crippen molar-refractivity contribution >= 4 is 11.9 Å². The Hall–Kier alpha value is -1.44. The molecule has 0 saturated carbocycles. The van der Waals surface area contributed by atoms with Gasteiger partial charge in [0.15, 0.2) is 0 Å². The molecule has 0 spiro atoms. The minimum atomic E-state index is -0.211. The van der Waals surface area contributed by atoms with Crippen LogP contribution in [0.1, 0.15) is 38.2 Å². The summed E-state index contributed by atoms with van der Waals surface area (Å²) in [6.07, 6.45) is 4.71. The molecular weight excluding hydrogens is 215 g/mol. The molecule has 0 radical (unpaired) electrons. The first-order valence-corrected chi connectivity index (χ1v) is 6.17. The summed E-state index contributed by atoms with van der Waals surface area (Å²) in [6.45, 7) is 2.14. The molecule has 1 aromatic rings. The number of carbonyl (C=O) groups is 1. The lowest BCUT2D eigenvalue weighted by Gasteiger charge is -2.13. The molecule has 1 aliphatic carbocycles. The first-order valence-electron chi connectivity index (χ1n) is 6.17. The second kappa shape index (κ2) is 5.26. The topological polar surface area (TPSA) is 17.1 Å². The molecule has 0 unspecified atom stereocenters. The Morgan fingerprint density at radius 2 is 2.06 bits per heavy atom. The number of benzene rings is 1. The highest BCUT2D eigenvalue weighted by molar-refractivity contribution is 5.74. The van der Waals surface area contributed by atoms with Crippen LogP contribution in [-0.4, -0.2) is 6.29 Å². The van der Waals surface area contributed by atoms with E-state index in [2.05, 4.69) is 6.92 Å². The zero-order valence-electron chi connectivity index (χ0n) is 10.1. The lowest BCUT2D eigenvalue weighted by atomic mass is 9.91. The van der Waals surface area contributed by atoms with Gasteiger partial charge in [0.05, 0.1) is 0 Å². The zero-order valence-corrected chi connectivity index (χ0v) is 10.1. The lowest BCUT2D eigenvalue weighted by Crippen LogP contribution is -2.00. The van der Waals surface area contributed by atoms with Crippen molar-refractivity contribution in [3.63, 3.8) is 0 Å². The van der Waals surface area contributed by atoms with Crippen molar-refractivity contribution in [3.8, 4) is 0 Å². The number of allylic oxidation sites excluding steroid dienone is 2. The van der Waals surface area contributed by atoms with E-state index in [-0.39, 0.29) is 5.82 Å². The third-order valence-electron chi connectivity index (χ3n) is 3.55. The summed E-state index contributed by atoms with van der Waals surface area (Å²) in [6, 6.07) is 6.63. The highest BCUT2D eigenvalue weighted by Crippen LogP contribution is 2.41. The summed E-state index contributed by atoms with van der Waals surface area (Å²) in [5, 5.41) is 0. The predicted octanol–water partition coefficient (Wildman–Crippen LogP) is 3.99. The summed E-state index contributed by atoms with van der Waals surface area (Å²) in [5.41, 5.74) is 3.77. The fourth-order valence-corrected chi connectivity index (χ4v) is 2.70. The minimum absolute atomic E-state index is 0.211. The van der Waals surface area contributed by atoms with E-state index in [9.17, 15) is 9.18 Å². The fourth-order valence-electron chi connectivity index (χ4n) is 2.70. The van der Waals surface area contributed by atoms with Crippen LogP contribution in [0.5, 0.6) is 0 Å². The van der Waals surface area contributed by atoms with Crippen LogP contribution >= 0.6 is 0 Å². The molecule has 0 amide bonds. The van der Waals surface area contributed by atoms with Crippen molar-refractivity contribution < 1.29 is 9.18 Å². The average Bonchev–Trinajstić information content (AvgIpc) is 2.74. The van der Waals surface area contributed by atoms with E-state index in [4.69, 9.17) is 0 Å². The molecule has 2 rings (SSSR count). The molecule has 0 saturated heterocycles. The van der Waals surface area contributed by atoms with Crippen molar-refractivity contribution in [2.24, 2.45) is 5.92 Å². The summed E-state index contributed by atoms with van der Waals surface area (Å²) >= 11 is 0. The van der Waals surface area contributed by atoms with Gasteiger partial charge < -0.3 is 4.79 Å². The molecule has 90 valence electrons. The number of halogens is 1. The zero-order chi connectivity index (χ0) is 12.3. The van der Waals surface area contributed by atoms with E-state index in [0.29, 0.717) is 12.3 Å². The van der Waals surface area contributed by atoms with Crippen LogP contribution in [0, 0.1) is 11.7 Å². The Balaban J connectivity index is 2.37. The van der Waals surface area contributed by atoms with E-state index in [1.54, 1.807) is 0 Å². The number of carbonyl (C=O) groups excluding carboxylic acids is 1. The Labute approximate surface area is 101 Å². The van der Waals surface area contributed by atoms with Gasteiger partial charge >= 0.3 is 0 Å². The SMILES string of the molecule is CCC1=C(c2ccc(F)cc2)[C@@H](CC=O)CC1. The molecule has 2 heteroatoms. The first kappa shape index (κ1) is 12.0. The average molecular weight is 232 g/mol. The molecule has 0 heterocycles. The van der Waals surface area contributed by atoms with E-state index >= 15 is 0 Å². The van der Waals surface area contributed by atoms with Crippen molar-refractivity contribution in [3.05, 3.63) is 41.2 Å². The first-order chi connectivity index (χ1) is 8.26. The summed E-state index contributed by atoms with van der Waals surface area (Å²) in [7, 11) is 0. The smallest absolute Gasteiger partial charge is 0.123 e. The molecule has 1 aromatic carbocycles. The molecule has 17 heavy (non-hydrogen) atoms. The van der Waals surface area contributed by atoms with Crippen LogP contribution in [0.3, 0.4) is 0 Å². The summed E-state index contributed by atoms with van der Waals surface area (Å²) < 4.78 is 12.9. The van der Waals surface area contributed by atoms with Crippen LogP contribution in [0.15, 0.2) is 29.8 Å². The monoisotopic (exact) mass is 232 g/mol. The maximum absolute atomic E-state index is 12.9. The minimum Gasteiger partial charge on any atom is -0.303 e. The Morgan fingerprint density at radius 3 is 2.65 bits per heavy atom. The second-order valence-electron chi connectivity index (χ2n) is 4.52. The second-order valence-corrected chi connectivity index (χ2v) is 4.52. The van der Waals surface area contributed by atoms with Gasteiger partial charge in [-0.1, -0.05) is 24.6 Å². The third-order valence-corrected chi connectivity index (χ3v) is 3.55. The molecule has 0 fully saturated rings. The third kappa shape index (κ3) is 2.46. The van der Waals surface area contributed by atoms with Crippen molar-refractivity contribution in [1.82, 2.24) is 0 Å². The standard InChI is InChI=1S/C15H17FO/c1-2-11-3-4-13(9-10-17)15(11)12-5-7-14(16)8-6-12/h5-8,10,13H,2-4,9H2,1H3/t13-/m1/s1. The van der Waals surface area contributed by atoms with E-state index in [1.807, 2.05) is 12.1 Å². The van der Waals surface area contributed by atoms with Gasteiger partial charge in [-0.2, -0.15) is 0 Å². The molecule has 0 N–H and O–H groups in total. The molecule has 1 aliphatic rings. The lowest BCUT2D eigenvalue weighted by molar-refractivity contribution is -0.108. The Morgan fingerprint density at radius 1 is 1.35 bits per heavy atom. The molecule has 0 aromatic heterocycles. The number of rotatable bonds is 4. The molecule has 1 atom stereocenters.